The van der Waals surface area contributed by atoms with Gasteiger partial charge in [0.25, 0.3) is 0 Å². The average molecular weight is 179 g/mol. The molecule has 0 spiro atoms. The van der Waals surface area contributed by atoms with E-state index in [1.807, 2.05) is 0 Å². The van der Waals surface area contributed by atoms with Gasteiger partial charge < -0.3 is 4.74 Å². The van der Waals surface area contributed by atoms with Crippen LogP contribution in [-0.4, -0.2) is 33.4 Å². The lowest BCUT2D eigenvalue weighted by molar-refractivity contribution is 0.126. The SMILES string of the molecule is CNS(=O)(=O)C1CCOC1C. The Labute approximate surface area is 67.0 Å². The van der Waals surface area contributed by atoms with Crippen LogP contribution in [0, 0.1) is 0 Å². The highest BCUT2D eigenvalue weighted by atomic mass is 32.2. The maximum Gasteiger partial charge on any atom is 0.216 e. The zero-order valence-corrected chi connectivity index (χ0v) is 7.52. The van der Waals surface area contributed by atoms with Crippen LogP contribution in [0.4, 0.5) is 0 Å². The van der Waals surface area contributed by atoms with Crippen molar-refractivity contribution in [2.75, 3.05) is 13.7 Å². The summed E-state index contributed by atoms with van der Waals surface area (Å²) in [6.07, 6.45) is 0.428. The van der Waals surface area contributed by atoms with Crippen molar-refractivity contribution in [2.24, 2.45) is 0 Å². The monoisotopic (exact) mass is 179 g/mol. The maximum absolute atomic E-state index is 11.2. The molecular formula is C6H13NO3S. The zero-order valence-electron chi connectivity index (χ0n) is 6.70. The summed E-state index contributed by atoms with van der Waals surface area (Å²) < 4.78 is 29.9. The molecular weight excluding hydrogens is 166 g/mol. The van der Waals surface area contributed by atoms with Crippen LogP contribution in [0.25, 0.3) is 0 Å². The Balaban J connectivity index is 2.75. The number of hydrogen-bond acceptors (Lipinski definition) is 3. The van der Waals surface area contributed by atoms with E-state index in [2.05, 4.69) is 4.72 Å². The third kappa shape index (κ3) is 1.72. The molecule has 1 rings (SSSR count). The van der Waals surface area contributed by atoms with Gasteiger partial charge in [-0.15, -0.1) is 0 Å². The molecule has 0 aromatic rings. The lowest BCUT2D eigenvalue weighted by Gasteiger charge is -2.13. The number of ether oxygens (including phenoxy) is 1. The first kappa shape index (κ1) is 8.96. The fraction of sp³-hybridized carbons (Fsp3) is 1.00. The molecule has 0 aromatic heterocycles. The molecule has 1 fully saturated rings. The Morgan fingerprint density at radius 2 is 2.18 bits per heavy atom. The van der Waals surface area contributed by atoms with Gasteiger partial charge in [-0.25, -0.2) is 13.1 Å². The van der Waals surface area contributed by atoms with Crippen LogP contribution >= 0.6 is 0 Å². The highest BCUT2D eigenvalue weighted by Gasteiger charge is 2.34. The van der Waals surface area contributed by atoms with Gasteiger partial charge in [-0.1, -0.05) is 0 Å². The first-order valence-electron chi connectivity index (χ1n) is 3.62. The van der Waals surface area contributed by atoms with Crippen LogP contribution < -0.4 is 4.72 Å². The summed E-state index contributed by atoms with van der Waals surface area (Å²) in [7, 11) is -1.69. The van der Waals surface area contributed by atoms with Crippen molar-refractivity contribution in [2.45, 2.75) is 24.7 Å². The van der Waals surface area contributed by atoms with Gasteiger partial charge in [0.1, 0.15) is 5.25 Å². The summed E-state index contributed by atoms with van der Waals surface area (Å²) in [5.41, 5.74) is 0. The second-order valence-electron chi connectivity index (χ2n) is 2.65. The molecule has 0 amide bonds. The van der Waals surface area contributed by atoms with Crippen molar-refractivity contribution in [3.63, 3.8) is 0 Å². The minimum atomic E-state index is -3.12. The molecule has 4 nitrogen and oxygen atoms in total. The van der Waals surface area contributed by atoms with Crippen molar-refractivity contribution < 1.29 is 13.2 Å². The average Bonchev–Trinajstić information content (AvgIpc) is 2.36. The van der Waals surface area contributed by atoms with Gasteiger partial charge in [0.15, 0.2) is 0 Å². The highest BCUT2D eigenvalue weighted by Crippen LogP contribution is 2.19. The van der Waals surface area contributed by atoms with Gasteiger partial charge in [0.2, 0.25) is 10.0 Å². The molecule has 2 unspecified atom stereocenters. The van der Waals surface area contributed by atoms with Crippen LogP contribution in [0.3, 0.4) is 0 Å². The van der Waals surface area contributed by atoms with Crippen LogP contribution in [0.5, 0.6) is 0 Å². The predicted molar refractivity (Wildman–Crippen MR) is 41.8 cm³/mol. The first-order chi connectivity index (χ1) is 5.08. The standard InChI is InChI=1S/C6H13NO3S/c1-5-6(3-4-10-5)11(8,9)7-2/h5-7H,3-4H2,1-2H3. The molecule has 0 bridgehead atoms. The topological polar surface area (TPSA) is 55.4 Å². The van der Waals surface area contributed by atoms with Crippen LogP contribution in [0.1, 0.15) is 13.3 Å². The molecule has 2 atom stereocenters. The van der Waals surface area contributed by atoms with E-state index in [9.17, 15) is 8.42 Å². The van der Waals surface area contributed by atoms with E-state index in [4.69, 9.17) is 4.74 Å². The Bertz CT molecular complexity index is 224. The number of sulfonamides is 1. The van der Waals surface area contributed by atoms with Gasteiger partial charge in [-0.05, 0) is 20.4 Å². The molecule has 11 heavy (non-hydrogen) atoms. The summed E-state index contributed by atoms with van der Waals surface area (Å²) >= 11 is 0. The third-order valence-corrected chi connectivity index (χ3v) is 3.97. The largest absolute Gasteiger partial charge is 0.377 e. The Morgan fingerprint density at radius 3 is 2.55 bits per heavy atom. The van der Waals surface area contributed by atoms with E-state index in [-0.39, 0.29) is 11.4 Å². The van der Waals surface area contributed by atoms with Gasteiger partial charge >= 0.3 is 0 Å². The quantitative estimate of drug-likeness (QED) is 0.634. The van der Waals surface area contributed by atoms with E-state index in [0.29, 0.717) is 13.0 Å². The fourth-order valence-corrected chi connectivity index (χ4v) is 2.56. The molecule has 1 aliphatic rings. The second kappa shape index (κ2) is 3.08. The molecule has 1 aliphatic heterocycles. The molecule has 0 saturated carbocycles. The number of hydrogen-bond donors (Lipinski definition) is 1. The van der Waals surface area contributed by atoms with Crippen molar-refractivity contribution in [3.05, 3.63) is 0 Å². The number of nitrogens with one attached hydrogen (secondary N) is 1. The van der Waals surface area contributed by atoms with E-state index < -0.39 is 10.0 Å². The van der Waals surface area contributed by atoms with Crippen molar-refractivity contribution >= 4 is 10.0 Å². The second-order valence-corrected chi connectivity index (χ2v) is 4.76. The summed E-state index contributed by atoms with van der Waals surface area (Å²) in [5, 5.41) is -0.368. The first-order valence-corrected chi connectivity index (χ1v) is 5.16. The molecule has 66 valence electrons. The van der Waals surface area contributed by atoms with E-state index >= 15 is 0 Å². The van der Waals surface area contributed by atoms with Gasteiger partial charge in [-0.2, -0.15) is 0 Å². The van der Waals surface area contributed by atoms with Crippen molar-refractivity contribution in [3.8, 4) is 0 Å². The van der Waals surface area contributed by atoms with Gasteiger partial charge in [0, 0.05) is 6.61 Å². The molecule has 1 N–H and O–H groups in total. The summed E-state index contributed by atoms with van der Waals surface area (Å²) in [6.45, 7) is 2.33. The minimum absolute atomic E-state index is 0.174. The fourth-order valence-electron chi connectivity index (χ4n) is 1.27. The maximum atomic E-state index is 11.2. The van der Waals surface area contributed by atoms with E-state index in [1.54, 1.807) is 6.92 Å². The highest BCUT2D eigenvalue weighted by molar-refractivity contribution is 7.90. The van der Waals surface area contributed by atoms with Crippen LogP contribution in [0.2, 0.25) is 0 Å². The Kier molecular flexibility index (Phi) is 2.51. The van der Waals surface area contributed by atoms with Gasteiger partial charge in [0.05, 0.1) is 6.10 Å². The molecule has 0 radical (unpaired) electrons. The Morgan fingerprint density at radius 1 is 1.55 bits per heavy atom. The minimum Gasteiger partial charge on any atom is -0.377 e. The van der Waals surface area contributed by atoms with E-state index in [1.165, 1.54) is 7.05 Å². The van der Waals surface area contributed by atoms with Crippen LogP contribution in [-0.2, 0) is 14.8 Å². The number of rotatable bonds is 2. The Hall–Kier alpha value is -0.130. The van der Waals surface area contributed by atoms with Crippen molar-refractivity contribution in [1.29, 1.82) is 0 Å². The lowest BCUT2D eigenvalue weighted by Crippen LogP contribution is -2.36. The van der Waals surface area contributed by atoms with Crippen molar-refractivity contribution in [1.82, 2.24) is 4.72 Å². The molecule has 0 aromatic carbocycles. The smallest absolute Gasteiger partial charge is 0.216 e. The summed E-state index contributed by atoms with van der Waals surface area (Å²) in [6, 6.07) is 0. The molecule has 5 heteroatoms. The van der Waals surface area contributed by atoms with E-state index in [0.717, 1.165) is 0 Å². The molecule has 1 heterocycles. The summed E-state index contributed by atoms with van der Waals surface area (Å²) in [4.78, 5) is 0. The zero-order chi connectivity index (χ0) is 8.48. The molecule has 0 aliphatic carbocycles. The summed E-state index contributed by atoms with van der Waals surface area (Å²) in [5.74, 6) is 0. The third-order valence-electron chi connectivity index (χ3n) is 1.99. The lowest BCUT2D eigenvalue weighted by atomic mass is 10.3. The predicted octanol–water partition coefficient (Wildman–Crippen LogP) is -0.287. The van der Waals surface area contributed by atoms with Gasteiger partial charge in [-0.3, -0.25) is 0 Å². The van der Waals surface area contributed by atoms with Crippen LogP contribution in [0.15, 0.2) is 0 Å². The molecule has 1 saturated heterocycles. The normalized spacial score (nSPS) is 32.5.